The predicted molar refractivity (Wildman–Crippen MR) is 355 cm³/mol. The maximum Gasteiger partial charge on any atom is 0.220 e. The second-order valence-electron chi connectivity index (χ2n) is 23.9. The number of ether oxygens (including phenoxy) is 2. The van der Waals surface area contributed by atoms with Crippen LogP contribution in [-0.2, 0) is 14.3 Å². The number of hydrogen-bond donors (Lipinski definition) is 6. The predicted octanol–water partition coefficient (Wildman–Crippen LogP) is 19.1. The van der Waals surface area contributed by atoms with Crippen molar-refractivity contribution in [2.75, 3.05) is 13.2 Å². The number of rotatable bonds is 60. The number of allylic oxidation sites excluding steroid dienone is 15. The molecule has 7 atom stereocenters. The number of aliphatic hydroxyl groups is 5. The Morgan fingerprint density at radius 1 is 0.422 bits per heavy atom. The van der Waals surface area contributed by atoms with Crippen molar-refractivity contribution in [2.45, 2.75) is 352 Å². The monoisotopic (exact) mass is 1160 g/mol. The summed E-state index contributed by atoms with van der Waals surface area (Å²) in [5.41, 5.74) is 0. The molecule has 0 bridgehead atoms. The molecule has 83 heavy (non-hydrogen) atoms. The summed E-state index contributed by atoms with van der Waals surface area (Å²) in [5, 5.41) is 54.7. The molecule has 1 fully saturated rings. The molecular formula is C74H131NO8. The first-order chi connectivity index (χ1) is 40.8. The second-order valence-corrected chi connectivity index (χ2v) is 23.9. The minimum Gasteiger partial charge on any atom is -0.394 e. The number of aliphatic hydroxyl groups excluding tert-OH is 5. The molecule has 0 radical (unpaired) electrons. The maximum atomic E-state index is 13.1. The van der Waals surface area contributed by atoms with E-state index in [4.69, 9.17) is 9.47 Å². The Morgan fingerprint density at radius 3 is 1.16 bits per heavy atom. The number of unbranched alkanes of at least 4 members (excludes halogenated alkanes) is 36. The molecule has 1 aliphatic heterocycles. The maximum absolute atomic E-state index is 13.1. The van der Waals surface area contributed by atoms with E-state index in [-0.39, 0.29) is 12.5 Å². The van der Waals surface area contributed by atoms with Gasteiger partial charge in [0, 0.05) is 6.42 Å². The highest BCUT2D eigenvalue weighted by Crippen LogP contribution is 2.23. The number of carbonyl (C=O) groups is 1. The highest BCUT2D eigenvalue weighted by Gasteiger charge is 2.44. The van der Waals surface area contributed by atoms with Crippen molar-refractivity contribution in [1.82, 2.24) is 5.32 Å². The normalized spacial score (nSPS) is 18.9. The number of nitrogens with one attached hydrogen (secondary N) is 1. The number of amides is 1. The molecule has 0 aromatic carbocycles. The average molecular weight is 1160 g/mol. The van der Waals surface area contributed by atoms with Crippen molar-refractivity contribution < 1.29 is 39.8 Å². The fourth-order valence-electron chi connectivity index (χ4n) is 10.7. The molecule has 9 nitrogen and oxygen atoms in total. The van der Waals surface area contributed by atoms with E-state index in [2.05, 4.69) is 104 Å². The van der Waals surface area contributed by atoms with Gasteiger partial charge in [-0.1, -0.05) is 310 Å². The zero-order valence-corrected chi connectivity index (χ0v) is 53.7. The molecule has 7 unspecified atom stereocenters. The summed E-state index contributed by atoms with van der Waals surface area (Å²) < 4.78 is 11.3. The van der Waals surface area contributed by atoms with Crippen LogP contribution in [0.25, 0.3) is 0 Å². The standard InChI is InChI=1S/C74H131NO8/c1-3-5-7-9-11-13-15-17-19-21-23-25-27-29-31-32-33-34-35-36-38-39-41-43-45-47-49-51-53-55-57-59-61-63-68(77)67(66-82-74-73(81)72(80)71(79)69(65-76)83-74)75-70(78)64-62-60-58-56-54-52-50-48-46-44-42-40-37-30-28-26-24-22-20-18-16-14-12-10-8-6-4-2/h6,8,12,14,18,20,24,26,30,37,45,47,53,55,61,63,67-69,71-74,76-77,79-81H,3-5,7,9-11,13,15-17,19,21-23,25,27-29,31-36,38-44,46,48-52,54,56-60,62,64-66H2,1-2H3,(H,75,78)/b8-6-,14-12-,20-18-,26-24-,37-30-,47-45+,55-53+,63-61+. The summed E-state index contributed by atoms with van der Waals surface area (Å²) in [6.45, 7) is 3.67. The van der Waals surface area contributed by atoms with Gasteiger partial charge in [0.05, 0.1) is 25.4 Å². The summed E-state index contributed by atoms with van der Waals surface area (Å²) in [6, 6.07) is -0.838. The molecule has 0 aromatic rings. The van der Waals surface area contributed by atoms with Gasteiger partial charge in [0.2, 0.25) is 5.91 Å². The van der Waals surface area contributed by atoms with Crippen LogP contribution in [0.3, 0.4) is 0 Å². The lowest BCUT2D eigenvalue weighted by molar-refractivity contribution is -0.302. The summed E-state index contributed by atoms with van der Waals surface area (Å²) >= 11 is 0. The molecule has 0 aromatic heterocycles. The minimum atomic E-state index is -1.58. The van der Waals surface area contributed by atoms with Crippen molar-refractivity contribution in [3.63, 3.8) is 0 Å². The van der Waals surface area contributed by atoms with E-state index in [0.29, 0.717) is 6.42 Å². The van der Waals surface area contributed by atoms with E-state index >= 15 is 0 Å². The zero-order valence-electron chi connectivity index (χ0n) is 53.7. The Labute approximate surface area is 511 Å². The van der Waals surface area contributed by atoms with E-state index in [0.717, 1.165) is 89.9 Å². The van der Waals surface area contributed by atoms with E-state index in [1.807, 2.05) is 6.08 Å². The van der Waals surface area contributed by atoms with Crippen molar-refractivity contribution in [1.29, 1.82) is 0 Å². The van der Waals surface area contributed by atoms with Gasteiger partial charge < -0.3 is 40.3 Å². The topological polar surface area (TPSA) is 149 Å². The summed E-state index contributed by atoms with van der Waals surface area (Å²) in [7, 11) is 0. The van der Waals surface area contributed by atoms with Gasteiger partial charge in [0.25, 0.3) is 0 Å². The van der Waals surface area contributed by atoms with Crippen LogP contribution in [-0.4, -0.2) is 87.5 Å². The third-order valence-electron chi connectivity index (χ3n) is 16.1. The second kappa shape index (κ2) is 62.2. The van der Waals surface area contributed by atoms with E-state index in [1.165, 1.54) is 199 Å². The molecule has 6 N–H and O–H groups in total. The van der Waals surface area contributed by atoms with Gasteiger partial charge >= 0.3 is 0 Å². The Kier molecular flexibility index (Phi) is 58.5. The Bertz CT molecular complexity index is 1630. The summed E-state index contributed by atoms with van der Waals surface area (Å²) in [6.07, 6.45) is 83.7. The number of carbonyl (C=O) groups excluding carboxylic acids is 1. The first-order valence-corrected chi connectivity index (χ1v) is 35.0. The van der Waals surface area contributed by atoms with Crippen LogP contribution in [0.2, 0.25) is 0 Å². The van der Waals surface area contributed by atoms with E-state index < -0.39 is 49.5 Å². The van der Waals surface area contributed by atoms with E-state index in [9.17, 15) is 30.3 Å². The Morgan fingerprint density at radius 2 is 0.759 bits per heavy atom. The summed E-state index contributed by atoms with van der Waals surface area (Å²) in [4.78, 5) is 13.1. The third kappa shape index (κ3) is 50.9. The Balaban J connectivity index is 2.18. The molecule has 1 rings (SSSR count). The fourth-order valence-corrected chi connectivity index (χ4v) is 10.7. The van der Waals surface area contributed by atoms with Crippen molar-refractivity contribution in [3.05, 3.63) is 97.2 Å². The van der Waals surface area contributed by atoms with Gasteiger partial charge in [-0.05, 0) is 89.9 Å². The molecule has 0 saturated carbocycles. The van der Waals surface area contributed by atoms with Gasteiger partial charge in [0.15, 0.2) is 6.29 Å². The molecule has 1 aliphatic rings. The molecule has 0 spiro atoms. The molecule has 1 amide bonds. The fraction of sp³-hybridized carbons (Fsp3) is 0.770. The van der Waals surface area contributed by atoms with E-state index in [1.54, 1.807) is 6.08 Å². The molecule has 1 heterocycles. The minimum absolute atomic E-state index is 0.195. The van der Waals surface area contributed by atoms with Gasteiger partial charge in [-0.15, -0.1) is 0 Å². The summed E-state index contributed by atoms with van der Waals surface area (Å²) in [5.74, 6) is -0.195. The lowest BCUT2D eigenvalue weighted by atomic mass is 9.99. The molecule has 9 heteroatoms. The quantitative estimate of drug-likeness (QED) is 0.0261. The van der Waals surface area contributed by atoms with Crippen LogP contribution in [0.5, 0.6) is 0 Å². The van der Waals surface area contributed by atoms with Gasteiger partial charge in [0.1, 0.15) is 24.4 Å². The SMILES string of the molecule is CC/C=C\C/C=C\C/C=C\C/C=C\C/C=C\CCCCCCCCCCCCCC(=O)NC(COC1OC(CO)C(O)C(O)C1O)C(O)/C=C/CC/C=C/CC/C=C/CCCCCCCCCCCCCCCCCCCCCCCCC. The average Bonchev–Trinajstić information content (AvgIpc) is 3.60. The smallest absolute Gasteiger partial charge is 0.220 e. The number of hydrogen-bond acceptors (Lipinski definition) is 8. The lowest BCUT2D eigenvalue weighted by Gasteiger charge is -2.40. The van der Waals surface area contributed by atoms with Crippen molar-refractivity contribution in [2.24, 2.45) is 0 Å². The van der Waals surface area contributed by atoms with Gasteiger partial charge in [-0.25, -0.2) is 0 Å². The van der Waals surface area contributed by atoms with Crippen LogP contribution in [0.4, 0.5) is 0 Å². The lowest BCUT2D eigenvalue weighted by Crippen LogP contribution is -2.60. The van der Waals surface area contributed by atoms with Gasteiger partial charge in [-0.2, -0.15) is 0 Å². The van der Waals surface area contributed by atoms with Gasteiger partial charge in [-0.3, -0.25) is 4.79 Å². The largest absolute Gasteiger partial charge is 0.394 e. The van der Waals surface area contributed by atoms with Crippen molar-refractivity contribution in [3.8, 4) is 0 Å². The van der Waals surface area contributed by atoms with Crippen molar-refractivity contribution >= 4 is 5.91 Å². The first-order valence-electron chi connectivity index (χ1n) is 35.0. The van der Waals surface area contributed by atoms with Crippen LogP contribution in [0, 0.1) is 0 Å². The highest BCUT2D eigenvalue weighted by atomic mass is 16.7. The highest BCUT2D eigenvalue weighted by molar-refractivity contribution is 5.76. The first kappa shape index (κ1) is 78.1. The molecule has 0 aliphatic carbocycles. The zero-order chi connectivity index (χ0) is 60.0. The molecule has 480 valence electrons. The van der Waals surface area contributed by atoms with Crippen LogP contribution >= 0.6 is 0 Å². The Hall–Kier alpha value is -2.89. The van der Waals surface area contributed by atoms with Crippen LogP contribution in [0.1, 0.15) is 309 Å². The third-order valence-corrected chi connectivity index (χ3v) is 16.1. The molecular weight excluding hydrogens is 1030 g/mol. The molecule has 1 saturated heterocycles. The van der Waals surface area contributed by atoms with Crippen LogP contribution < -0.4 is 5.32 Å². The van der Waals surface area contributed by atoms with Crippen LogP contribution in [0.15, 0.2) is 97.2 Å².